The number of allylic oxidation sites excluding steroid dienone is 2. The molecule has 8 rings (SSSR count). The molecule has 28 atom stereocenters. The molecule has 9 unspecified atom stereocenters. The quantitative estimate of drug-likeness (QED) is 0.0739. The first-order chi connectivity index (χ1) is 34.1. The zero-order valence-electron chi connectivity index (χ0n) is 43.7. The van der Waals surface area contributed by atoms with Gasteiger partial charge in [-0.3, -0.25) is 0 Å². The van der Waals surface area contributed by atoms with Crippen LogP contribution in [0.4, 0.5) is 0 Å². The molecule has 8 fully saturated rings. The zero-order valence-corrected chi connectivity index (χ0v) is 43.7. The first-order valence-electron chi connectivity index (χ1n) is 26.7. The van der Waals surface area contributed by atoms with Gasteiger partial charge in [-0.15, -0.1) is 0 Å². The normalized spacial score (nSPS) is 52.8. The smallest absolute Gasteiger partial charge is 0.187 e. The van der Waals surface area contributed by atoms with E-state index in [2.05, 4.69) is 40.7 Å². The van der Waals surface area contributed by atoms with Gasteiger partial charge in [-0.05, 0) is 124 Å². The molecule has 21 heteroatoms. The number of hydrogen-bond acceptors (Lipinski definition) is 21. The number of ether oxygens (including phenoxy) is 8. The van der Waals surface area contributed by atoms with Crippen LogP contribution in [0.25, 0.3) is 0 Å². The number of rotatable bonds is 14. The van der Waals surface area contributed by atoms with Crippen molar-refractivity contribution in [2.45, 2.75) is 242 Å². The van der Waals surface area contributed by atoms with Crippen LogP contribution < -0.4 is 0 Å². The fraction of sp³-hybridized carbons (Fsp3) is 0.962. The third kappa shape index (κ3) is 10.3. The highest BCUT2D eigenvalue weighted by atomic mass is 16.8. The maximum absolute atomic E-state index is 12.8. The van der Waals surface area contributed by atoms with E-state index in [0.29, 0.717) is 32.1 Å². The summed E-state index contributed by atoms with van der Waals surface area (Å²) in [5, 5.41) is 140. The Morgan fingerprint density at radius 3 is 1.85 bits per heavy atom. The van der Waals surface area contributed by atoms with Crippen molar-refractivity contribution in [1.82, 2.24) is 0 Å². The predicted molar refractivity (Wildman–Crippen MR) is 254 cm³/mol. The van der Waals surface area contributed by atoms with Crippen molar-refractivity contribution in [3.63, 3.8) is 0 Å². The van der Waals surface area contributed by atoms with E-state index in [0.717, 1.165) is 31.3 Å². The summed E-state index contributed by atoms with van der Waals surface area (Å²) in [4.78, 5) is 0. The fourth-order valence-electron chi connectivity index (χ4n) is 15.7. The third-order valence-corrected chi connectivity index (χ3v) is 20.1. The molecular formula is C52H88O21. The van der Waals surface area contributed by atoms with Crippen LogP contribution in [-0.2, 0) is 37.9 Å². The highest BCUT2D eigenvalue weighted by Crippen LogP contribution is 2.76. The summed E-state index contributed by atoms with van der Waals surface area (Å²) in [6.45, 7) is 15.7. The van der Waals surface area contributed by atoms with Crippen LogP contribution in [-0.4, -0.2) is 221 Å². The van der Waals surface area contributed by atoms with Gasteiger partial charge >= 0.3 is 0 Å². The van der Waals surface area contributed by atoms with E-state index in [9.17, 15) is 66.4 Å². The molecule has 0 radical (unpaired) electrons. The number of aliphatic hydroxyl groups is 13. The highest BCUT2D eigenvalue weighted by Gasteiger charge is 2.72. The van der Waals surface area contributed by atoms with Gasteiger partial charge in [-0.25, -0.2) is 0 Å². The summed E-state index contributed by atoms with van der Waals surface area (Å²) in [5.41, 5.74) is -1.26. The van der Waals surface area contributed by atoms with Gasteiger partial charge in [0.2, 0.25) is 0 Å². The molecule has 0 aromatic heterocycles. The second-order valence-electron chi connectivity index (χ2n) is 24.8. The average molecular weight is 1050 g/mol. The second-order valence-corrected chi connectivity index (χ2v) is 24.8. The van der Waals surface area contributed by atoms with Crippen molar-refractivity contribution >= 4 is 0 Å². The van der Waals surface area contributed by atoms with Gasteiger partial charge in [-0.2, -0.15) is 0 Å². The Bertz CT molecular complexity index is 1890. The van der Waals surface area contributed by atoms with Gasteiger partial charge in [0.05, 0.1) is 44.2 Å². The van der Waals surface area contributed by atoms with Gasteiger partial charge in [-0.1, -0.05) is 46.3 Å². The minimum atomic E-state index is -1.75. The van der Waals surface area contributed by atoms with Gasteiger partial charge in [0.25, 0.3) is 0 Å². The van der Waals surface area contributed by atoms with Crippen LogP contribution in [0.1, 0.15) is 113 Å². The van der Waals surface area contributed by atoms with Gasteiger partial charge in [0.1, 0.15) is 85.5 Å². The zero-order chi connectivity index (χ0) is 53.5. The lowest BCUT2D eigenvalue weighted by molar-refractivity contribution is -0.367. The number of hydrogen-bond donors (Lipinski definition) is 13. The SMILES string of the molecule is CC(C)=CCCC(C)(O[C@@H]1O[C@H](CO[C@H]2OC[C@@H](O)[C@H](O)[C@H]2O)[C@@H](O)[C@H](O)[C@H]1O)C1CCC2(C)C1C(O)CC1C2(C)CCC2C(C)(C)C(O[C@@H]3OC[C@@H](O)[C@H](O)[C@H]3O[C@@H]3O[C@H](CO)[C@@H](O)[C@H](O)[C@H]3O)CC[C@@]21C. The Morgan fingerprint density at radius 2 is 1.19 bits per heavy atom. The molecule has 4 saturated heterocycles. The first kappa shape index (κ1) is 58.1. The summed E-state index contributed by atoms with van der Waals surface area (Å²) < 4.78 is 48.6. The maximum atomic E-state index is 12.8. The monoisotopic (exact) mass is 1050 g/mol. The summed E-state index contributed by atoms with van der Waals surface area (Å²) in [6, 6.07) is 0. The molecular weight excluding hydrogens is 961 g/mol. The Balaban J connectivity index is 0.998. The van der Waals surface area contributed by atoms with Crippen molar-refractivity contribution < 1.29 is 104 Å². The molecule has 13 N–H and O–H groups in total. The molecule has 0 aromatic carbocycles. The summed E-state index contributed by atoms with van der Waals surface area (Å²) in [6.07, 6.45) is -19.8. The van der Waals surface area contributed by atoms with E-state index in [4.69, 9.17) is 37.9 Å². The molecule has 73 heavy (non-hydrogen) atoms. The standard InChI is InChI=1S/C52H88O21/c1-23(2)10-9-14-52(8,73-46-42(65)39(62)37(60)29(70-46)22-68-44-40(63)34(57)26(55)20-66-44)24-11-16-51(7)33(24)25(54)18-31-49(5)15-13-32(48(3,4)30(49)12-17-50(31,51)6)71-47-43(35(58)27(56)21-67-47)72-45-41(64)38(61)36(59)28(19-53)69-45/h10,24-47,53-65H,9,11-22H2,1-8H3/t24?,25?,26-,27-,28-,29-,30?,31?,32?,33?,34+,35+,36-,37-,38+,39+,40-,41-,42-,43-,44-,45+,46+,47+,49+,50?,51?,52?/m1/s1. The van der Waals surface area contributed by atoms with Crippen LogP contribution >= 0.6 is 0 Å². The summed E-state index contributed by atoms with van der Waals surface area (Å²) in [7, 11) is 0. The van der Waals surface area contributed by atoms with E-state index in [1.165, 1.54) is 0 Å². The predicted octanol–water partition coefficient (Wildman–Crippen LogP) is -0.924. The fourth-order valence-corrected chi connectivity index (χ4v) is 15.7. The van der Waals surface area contributed by atoms with Gasteiger partial charge in [0, 0.05) is 0 Å². The van der Waals surface area contributed by atoms with Gasteiger partial charge in [0.15, 0.2) is 25.2 Å². The molecule has 4 aliphatic carbocycles. The van der Waals surface area contributed by atoms with E-state index >= 15 is 0 Å². The van der Waals surface area contributed by atoms with Crippen molar-refractivity contribution in [1.29, 1.82) is 0 Å². The molecule has 4 aliphatic heterocycles. The van der Waals surface area contributed by atoms with Crippen LogP contribution in [0.3, 0.4) is 0 Å². The Kier molecular flexibility index (Phi) is 17.4. The van der Waals surface area contributed by atoms with E-state index < -0.39 is 147 Å². The van der Waals surface area contributed by atoms with E-state index in [1.54, 1.807) is 0 Å². The van der Waals surface area contributed by atoms with Gasteiger partial charge < -0.3 is 104 Å². The third-order valence-electron chi connectivity index (χ3n) is 20.1. The molecule has 0 aromatic rings. The molecule has 8 aliphatic rings. The summed E-state index contributed by atoms with van der Waals surface area (Å²) >= 11 is 0. The average Bonchev–Trinajstić information content (AvgIpc) is 3.72. The minimum absolute atomic E-state index is 0.0916. The van der Waals surface area contributed by atoms with Crippen molar-refractivity contribution in [3.05, 3.63) is 11.6 Å². The topological polar surface area (TPSA) is 337 Å². The van der Waals surface area contributed by atoms with Crippen molar-refractivity contribution in [3.8, 4) is 0 Å². The minimum Gasteiger partial charge on any atom is -0.394 e. The Labute approximate surface area is 428 Å². The van der Waals surface area contributed by atoms with Crippen LogP contribution in [0.15, 0.2) is 11.6 Å². The van der Waals surface area contributed by atoms with E-state index in [-0.39, 0.29) is 53.1 Å². The molecule has 422 valence electrons. The maximum Gasteiger partial charge on any atom is 0.187 e. The lowest BCUT2D eigenvalue weighted by Crippen LogP contribution is -2.67. The molecule has 4 heterocycles. The Hall–Kier alpha value is -1.10. The van der Waals surface area contributed by atoms with Crippen molar-refractivity contribution in [2.75, 3.05) is 26.4 Å². The largest absolute Gasteiger partial charge is 0.394 e. The van der Waals surface area contributed by atoms with E-state index in [1.807, 2.05) is 20.8 Å². The second kappa shape index (κ2) is 21.9. The number of fused-ring (bicyclic) bond motifs is 5. The lowest BCUT2D eigenvalue weighted by atomic mass is 9.35. The lowest BCUT2D eigenvalue weighted by Gasteiger charge is -2.71. The Morgan fingerprint density at radius 1 is 0.603 bits per heavy atom. The molecule has 0 amide bonds. The highest BCUT2D eigenvalue weighted by molar-refractivity contribution is 5.20. The number of aliphatic hydroxyl groups excluding tert-OH is 13. The van der Waals surface area contributed by atoms with Crippen LogP contribution in [0.2, 0.25) is 0 Å². The molecule has 21 nitrogen and oxygen atoms in total. The molecule has 4 saturated carbocycles. The van der Waals surface area contributed by atoms with Crippen molar-refractivity contribution in [2.24, 2.45) is 45.3 Å². The molecule has 0 spiro atoms. The summed E-state index contributed by atoms with van der Waals surface area (Å²) in [5.74, 6) is -0.256. The first-order valence-corrected chi connectivity index (χ1v) is 26.7. The van der Waals surface area contributed by atoms with Crippen LogP contribution in [0, 0.1) is 45.3 Å². The van der Waals surface area contributed by atoms with Crippen LogP contribution in [0.5, 0.6) is 0 Å². The molecule has 0 bridgehead atoms.